The van der Waals surface area contributed by atoms with Gasteiger partial charge in [-0.1, -0.05) is 12.6 Å². The van der Waals surface area contributed by atoms with Gasteiger partial charge in [-0.25, -0.2) is 9.50 Å². The van der Waals surface area contributed by atoms with Crippen molar-refractivity contribution in [2.24, 2.45) is 0 Å². The van der Waals surface area contributed by atoms with Crippen LogP contribution in [-0.2, 0) is 0 Å². The van der Waals surface area contributed by atoms with Crippen molar-refractivity contribution in [3.63, 3.8) is 0 Å². The van der Waals surface area contributed by atoms with Crippen LogP contribution in [0.5, 0.6) is 0 Å². The quantitative estimate of drug-likeness (QED) is 0.728. The van der Waals surface area contributed by atoms with E-state index in [1.165, 1.54) is 4.90 Å². The molecular formula is C20H24N6O. The predicted octanol–water partition coefficient (Wildman–Crippen LogP) is 2.82. The van der Waals surface area contributed by atoms with E-state index in [2.05, 4.69) is 27.3 Å². The van der Waals surface area contributed by atoms with Crippen molar-refractivity contribution >= 4 is 17.2 Å². The van der Waals surface area contributed by atoms with Gasteiger partial charge in [-0.2, -0.15) is 5.10 Å². The molecule has 0 radical (unpaired) electrons. The Hall–Kier alpha value is -3.35. The number of carbonyl (C=O) groups excluding carboxylic acids is 1. The number of hydrogen-bond acceptors (Lipinski definition) is 5. The van der Waals surface area contributed by atoms with Crippen LogP contribution in [-0.4, -0.2) is 46.5 Å². The summed E-state index contributed by atoms with van der Waals surface area (Å²) in [5.41, 5.74) is 5.79. The third-order valence-electron chi connectivity index (χ3n) is 4.33. The molecule has 3 aromatic rings. The van der Waals surface area contributed by atoms with Gasteiger partial charge in [0.2, 0.25) is 0 Å². The van der Waals surface area contributed by atoms with Crippen molar-refractivity contribution in [2.45, 2.75) is 13.8 Å². The summed E-state index contributed by atoms with van der Waals surface area (Å²) in [6, 6.07) is 9.71. The number of anilines is 1. The predicted molar refractivity (Wildman–Crippen MR) is 108 cm³/mol. The Labute approximate surface area is 158 Å². The van der Waals surface area contributed by atoms with E-state index in [4.69, 9.17) is 0 Å². The SMILES string of the molecule is C=C(NC)Nc1ccc(-c2cc3nc(C(=O)N(C)C)cc(C)n3n2)c(C)c1. The highest BCUT2D eigenvalue weighted by Crippen LogP contribution is 2.26. The number of amides is 1. The lowest BCUT2D eigenvalue weighted by Crippen LogP contribution is -2.23. The number of aryl methyl sites for hydroxylation is 2. The molecule has 1 aromatic carbocycles. The summed E-state index contributed by atoms with van der Waals surface area (Å²) in [6.07, 6.45) is 0. The average molecular weight is 364 g/mol. The van der Waals surface area contributed by atoms with Crippen molar-refractivity contribution in [3.8, 4) is 11.3 Å². The van der Waals surface area contributed by atoms with Gasteiger partial charge in [-0.05, 0) is 37.6 Å². The summed E-state index contributed by atoms with van der Waals surface area (Å²) < 4.78 is 1.76. The number of nitrogens with one attached hydrogen (secondary N) is 2. The van der Waals surface area contributed by atoms with Gasteiger partial charge in [0.1, 0.15) is 5.69 Å². The van der Waals surface area contributed by atoms with Crippen molar-refractivity contribution < 1.29 is 4.79 Å². The first-order valence-electron chi connectivity index (χ1n) is 8.64. The van der Waals surface area contributed by atoms with Gasteiger partial charge in [0.05, 0.1) is 11.5 Å². The third-order valence-corrected chi connectivity index (χ3v) is 4.33. The Bertz CT molecular complexity index is 1030. The van der Waals surface area contributed by atoms with Crippen molar-refractivity contribution in [1.29, 1.82) is 0 Å². The Morgan fingerprint density at radius 1 is 1.19 bits per heavy atom. The average Bonchev–Trinajstić information content (AvgIpc) is 3.05. The smallest absolute Gasteiger partial charge is 0.272 e. The van der Waals surface area contributed by atoms with Crippen LogP contribution in [0, 0.1) is 13.8 Å². The lowest BCUT2D eigenvalue weighted by molar-refractivity contribution is 0.0822. The second kappa shape index (κ2) is 7.11. The highest BCUT2D eigenvalue weighted by Gasteiger charge is 2.15. The zero-order valence-corrected chi connectivity index (χ0v) is 16.3. The van der Waals surface area contributed by atoms with Crippen LogP contribution < -0.4 is 10.6 Å². The van der Waals surface area contributed by atoms with E-state index >= 15 is 0 Å². The molecule has 7 nitrogen and oxygen atoms in total. The van der Waals surface area contributed by atoms with E-state index in [0.29, 0.717) is 11.3 Å². The van der Waals surface area contributed by atoms with E-state index in [0.717, 1.165) is 34.0 Å². The lowest BCUT2D eigenvalue weighted by Gasteiger charge is -2.11. The zero-order chi connectivity index (χ0) is 19.7. The van der Waals surface area contributed by atoms with Crippen LogP contribution in [0.2, 0.25) is 0 Å². The molecule has 3 rings (SSSR count). The van der Waals surface area contributed by atoms with Crippen molar-refractivity contribution in [3.05, 3.63) is 59.7 Å². The van der Waals surface area contributed by atoms with Gasteiger partial charge in [0.15, 0.2) is 5.65 Å². The number of benzene rings is 1. The van der Waals surface area contributed by atoms with E-state index < -0.39 is 0 Å². The number of hydrogen-bond donors (Lipinski definition) is 2. The summed E-state index contributed by atoms with van der Waals surface area (Å²) >= 11 is 0. The van der Waals surface area contributed by atoms with E-state index in [1.807, 2.05) is 45.2 Å². The molecule has 2 N–H and O–H groups in total. The fourth-order valence-corrected chi connectivity index (χ4v) is 2.86. The number of fused-ring (bicyclic) bond motifs is 1. The van der Waals surface area contributed by atoms with Gasteiger partial charge in [0, 0.05) is 44.2 Å². The molecule has 0 spiro atoms. The van der Waals surface area contributed by atoms with Crippen LogP contribution in [0.15, 0.2) is 42.7 Å². The minimum absolute atomic E-state index is 0.125. The van der Waals surface area contributed by atoms with Gasteiger partial charge in [-0.3, -0.25) is 4.79 Å². The maximum absolute atomic E-state index is 12.2. The standard InChI is InChI=1S/C20H24N6O/c1-12-9-15(22-14(3)21-4)7-8-16(12)17-11-19-23-18(20(27)25(5)6)10-13(2)26(19)24-17/h7-11,21-22H,3H2,1-2,4-6H3. The van der Waals surface area contributed by atoms with Crippen LogP contribution >= 0.6 is 0 Å². The highest BCUT2D eigenvalue weighted by molar-refractivity contribution is 5.92. The topological polar surface area (TPSA) is 74.6 Å². The second-order valence-corrected chi connectivity index (χ2v) is 6.67. The van der Waals surface area contributed by atoms with Gasteiger partial charge in [0.25, 0.3) is 5.91 Å². The second-order valence-electron chi connectivity index (χ2n) is 6.67. The monoisotopic (exact) mass is 364 g/mol. The Balaban J connectivity index is 2.01. The summed E-state index contributed by atoms with van der Waals surface area (Å²) in [5.74, 6) is 0.604. The molecule has 0 aliphatic heterocycles. The number of nitrogens with zero attached hydrogens (tertiary/aromatic N) is 4. The van der Waals surface area contributed by atoms with Crippen molar-refractivity contribution in [2.75, 3.05) is 26.5 Å². The molecule has 0 fully saturated rings. The molecular weight excluding hydrogens is 340 g/mol. The molecule has 7 heteroatoms. The van der Waals surface area contributed by atoms with Gasteiger partial charge < -0.3 is 15.5 Å². The Kier molecular flexibility index (Phi) is 4.85. The lowest BCUT2D eigenvalue weighted by atomic mass is 10.1. The molecule has 0 bridgehead atoms. The maximum atomic E-state index is 12.2. The zero-order valence-electron chi connectivity index (χ0n) is 16.3. The van der Waals surface area contributed by atoms with E-state index in [1.54, 1.807) is 24.7 Å². The van der Waals surface area contributed by atoms with E-state index in [-0.39, 0.29) is 5.91 Å². The molecule has 0 atom stereocenters. The summed E-state index contributed by atoms with van der Waals surface area (Å²) in [5, 5.41) is 10.8. The largest absolute Gasteiger partial charge is 0.375 e. The fraction of sp³-hybridized carbons (Fsp3) is 0.250. The third kappa shape index (κ3) is 3.62. The van der Waals surface area contributed by atoms with Crippen LogP contribution in [0.4, 0.5) is 5.69 Å². The summed E-state index contributed by atoms with van der Waals surface area (Å²) in [4.78, 5) is 18.2. The highest BCUT2D eigenvalue weighted by atomic mass is 16.2. The first-order valence-corrected chi connectivity index (χ1v) is 8.64. The minimum Gasteiger partial charge on any atom is -0.375 e. The normalized spacial score (nSPS) is 10.7. The van der Waals surface area contributed by atoms with E-state index in [9.17, 15) is 4.79 Å². The molecule has 140 valence electrons. The number of carbonyl (C=O) groups is 1. The van der Waals surface area contributed by atoms with Gasteiger partial charge in [-0.15, -0.1) is 0 Å². The van der Waals surface area contributed by atoms with Crippen LogP contribution in [0.25, 0.3) is 16.9 Å². The molecule has 0 saturated carbocycles. The maximum Gasteiger partial charge on any atom is 0.272 e. The fourth-order valence-electron chi connectivity index (χ4n) is 2.86. The molecule has 0 aliphatic carbocycles. The van der Waals surface area contributed by atoms with Crippen LogP contribution in [0.3, 0.4) is 0 Å². The molecule has 0 unspecified atom stereocenters. The molecule has 0 saturated heterocycles. The van der Waals surface area contributed by atoms with Crippen molar-refractivity contribution in [1.82, 2.24) is 24.8 Å². The minimum atomic E-state index is -0.125. The molecule has 27 heavy (non-hydrogen) atoms. The van der Waals surface area contributed by atoms with Crippen LogP contribution in [0.1, 0.15) is 21.7 Å². The molecule has 2 heterocycles. The summed E-state index contributed by atoms with van der Waals surface area (Å²) in [6.45, 7) is 7.83. The number of aromatic nitrogens is 3. The molecule has 0 aliphatic rings. The Morgan fingerprint density at radius 2 is 1.93 bits per heavy atom. The molecule has 1 amide bonds. The summed E-state index contributed by atoms with van der Waals surface area (Å²) in [7, 11) is 5.25. The Morgan fingerprint density at radius 3 is 2.56 bits per heavy atom. The first kappa shape index (κ1) is 18.4. The van der Waals surface area contributed by atoms with Gasteiger partial charge >= 0.3 is 0 Å². The first-order chi connectivity index (χ1) is 12.8. The molecule has 2 aromatic heterocycles. The number of rotatable bonds is 5.